The SMILES string of the molecule is CN1CCN(C2C=CN=[C]N2)CC1. The second kappa shape index (κ2) is 3.89. The van der Waals surface area contributed by atoms with Crippen LogP contribution in [0.5, 0.6) is 0 Å². The molecule has 1 radical (unpaired) electrons. The molecule has 1 N–H and O–H groups in total. The number of nitrogens with zero attached hydrogens (tertiary/aromatic N) is 3. The van der Waals surface area contributed by atoms with Crippen LogP contribution >= 0.6 is 0 Å². The monoisotopic (exact) mass is 179 g/mol. The predicted molar refractivity (Wildman–Crippen MR) is 52.6 cm³/mol. The van der Waals surface area contributed by atoms with Crippen LogP contribution in [0.4, 0.5) is 0 Å². The Kier molecular flexibility index (Phi) is 2.61. The van der Waals surface area contributed by atoms with Crippen molar-refractivity contribution in [3.63, 3.8) is 0 Å². The Morgan fingerprint density at radius 1 is 1.38 bits per heavy atom. The van der Waals surface area contributed by atoms with Gasteiger partial charge in [0, 0.05) is 32.4 Å². The molecule has 13 heavy (non-hydrogen) atoms. The van der Waals surface area contributed by atoms with Crippen LogP contribution < -0.4 is 5.32 Å². The average molecular weight is 179 g/mol. The molecule has 0 aliphatic carbocycles. The smallest absolute Gasteiger partial charge is 0.170 e. The van der Waals surface area contributed by atoms with E-state index in [9.17, 15) is 0 Å². The lowest BCUT2D eigenvalue weighted by Gasteiger charge is -2.36. The van der Waals surface area contributed by atoms with Gasteiger partial charge < -0.3 is 10.2 Å². The fourth-order valence-corrected chi connectivity index (χ4v) is 1.63. The Morgan fingerprint density at radius 3 is 2.77 bits per heavy atom. The van der Waals surface area contributed by atoms with Gasteiger partial charge >= 0.3 is 0 Å². The lowest BCUT2D eigenvalue weighted by atomic mass is 10.3. The summed E-state index contributed by atoms with van der Waals surface area (Å²) in [4.78, 5) is 8.61. The van der Waals surface area contributed by atoms with Crippen LogP contribution in [0.2, 0.25) is 0 Å². The van der Waals surface area contributed by atoms with E-state index in [1.807, 2.05) is 0 Å². The van der Waals surface area contributed by atoms with Crippen LogP contribution in [-0.2, 0) is 0 Å². The van der Waals surface area contributed by atoms with Gasteiger partial charge in [-0.1, -0.05) is 0 Å². The van der Waals surface area contributed by atoms with E-state index in [4.69, 9.17) is 0 Å². The van der Waals surface area contributed by atoms with Gasteiger partial charge in [0.2, 0.25) is 0 Å². The molecule has 0 saturated carbocycles. The number of piperazine rings is 1. The van der Waals surface area contributed by atoms with Gasteiger partial charge in [0.05, 0.1) is 0 Å². The third-order valence-corrected chi connectivity index (χ3v) is 2.55. The molecule has 0 aromatic rings. The lowest BCUT2D eigenvalue weighted by Crippen LogP contribution is -2.53. The summed E-state index contributed by atoms with van der Waals surface area (Å²) in [6.07, 6.45) is 6.95. The maximum absolute atomic E-state index is 3.86. The molecule has 2 rings (SSSR count). The quantitative estimate of drug-likeness (QED) is 0.593. The number of rotatable bonds is 1. The maximum atomic E-state index is 3.86. The van der Waals surface area contributed by atoms with Crippen LogP contribution in [0.15, 0.2) is 17.3 Å². The molecule has 0 aromatic carbocycles. The van der Waals surface area contributed by atoms with Crippen molar-refractivity contribution in [3.05, 3.63) is 12.3 Å². The highest BCUT2D eigenvalue weighted by Crippen LogP contribution is 2.05. The van der Waals surface area contributed by atoms with Crippen LogP contribution in [0.25, 0.3) is 0 Å². The Labute approximate surface area is 78.9 Å². The highest BCUT2D eigenvalue weighted by Gasteiger charge is 2.20. The largest absolute Gasteiger partial charge is 0.348 e. The topological polar surface area (TPSA) is 30.9 Å². The summed E-state index contributed by atoms with van der Waals surface area (Å²) >= 11 is 0. The molecule has 4 nitrogen and oxygen atoms in total. The summed E-state index contributed by atoms with van der Waals surface area (Å²) in [7, 11) is 2.16. The molecule has 2 aliphatic rings. The van der Waals surface area contributed by atoms with Gasteiger partial charge in [-0.25, -0.2) is 4.99 Å². The zero-order chi connectivity index (χ0) is 9.10. The first-order chi connectivity index (χ1) is 6.36. The highest BCUT2D eigenvalue weighted by molar-refractivity contribution is 5.57. The summed E-state index contributed by atoms with van der Waals surface area (Å²) < 4.78 is 0. The van der Waals surface area contributed by atoms with Crippen molar-refractivity contribution >= 4 is 6.34 Å². The molecule has 2 aliphatic heterocycles. The third kappa shape index (κ3) is 2.08. The number of aliphatic imine (C=N–C) groups is 1. The molecular formula is C9H15N4. The molecule has 71 valence electrons. The van der Waals surface area contributed by atoms with Crippen molar-refractivity contribution in [3.8, 4) is 0 Å². The fraction of sp³-hybridized carbons (Fsp3) is 0.667. The summed E-state index contributed by atoms with van der Waals surface area (Å²) in [5.74, 6) is 0. The van der Waals surface area contributed by atoms with Crippen molar-refractivity contribution in [1.29, 1.82) is 0 Å². The van der Waals surface area contributed by atoms with E-state index in [0.717, 1.165) is 26.2 Å². The Hall–Kier alpha value is -0.870. The standard InChI is InChI=1S/C9H15N4/c1-12-4-6-13(7-5-12)9-2-3-10-8-11-9/h2-3,9H,4-7H2,1H3,(H,10,11). The first kappa shape index (κ1) is 8.72. The third-order valence-electron chi connectivity index (χ3n) is 2.55. The van der Waals surface area contributed by atoms with Crippen LogP contribution in [0, 0.1) is 0 Å². The van der Waals surface area contributed by atoms with Crippen LogP contribution in [0.3, 0.4) is 0 Å². The first-order valence-electron chi connectivity index (χ1n) is 4.66. The molecule has 1 fully saturated rings. The zero-order valence-corrected chi connectivity index (χ0v) is 7.90. The van der Waals surface area contributed by atoms with E-state index in [1.165, 1.54) is 0 Å². The molecule has 4 heteroatoms. The molecule has 1 unspecified atom stereocenters. The van der Waals surface area contributed by atoms with Crippen molar-refractivity contribution in [2.75, 3.05) is 33.2 Å². The highest BCUT2D eigenvalue weighted by atomic mass is 15.3. The number of hydrogen-bond donors (Lipinski definition) is 1. The average Bonchev–Trinajstić information content (AvgIpc) is 2.20. The molecule has 0 aromatic heterocycles. The van der Waals surface area contributed by atoms with E-state index >= 15 is 0 Å². The molecule has 0 amide bonds. The van der Waals surface area contributed by atoms with Gasteiger partial charge in [-0.3, -0.25) is 4.90 Å². The van der Waals surface area contributed by atoms with Crippen LogP contribution in [0.1, 0.15) is 0 Å². The minimum atomic E-state index is 0.297. The summed E-state index contributed by atoms with van der Waals surface area (Å²) in [6.45, 7) is 4.51. The van der Waals surface area contributed by atoms with E-state index in [1.54, 1.807) is 6.20 Å². The van der Waals surface area contributed by atoms with Crippen LogP contribution in [-0.4, -0.2) is 55.5 Å². The lowest BCUT2D eigenvalue weighted by molar-refractivity contribution is 0.124. The molecule has 2 heterocycles. The van der Waals surface area contributed by atoms with Crippen molar-refractivity contribution < 1.29 is 0 Å². The molecule has 1 atom stereocenters. The van der Waals surface area contributed by atoms with E-state index in [2.05, 4.69) is 39.6 Å². The van der Waals surface area contributed by atoms with Crippen molar-refractivity contribution in [1.82, 2.24) is 15.1 Å². The fourth-order valence-electron chi connectivity index (χ4n) is 1.63. The van der Waals surface area contributed by atoms with Gasteiger partial charge in [-0.15, -0.1) is 0 Å². The molecular weight excluding hydrogens is 164 g/mol. The van der Waals surface area contributed by atoms with Gasteiger partial charge in [0.25, 0.3) is 0 Å². The van der Waals surface area contributed by atoms with E-state index < -0.39 is 0 Å². The van der Waals surface area contributed by atoms with Gasteiger partial charge in [0.1, 0.15) is 6.17 Å². The van der Waals surface area contributed by atoms with Gasteiger partial charge in [0.15, 0.2) is 6.34 Å². The molecule has 0 spiro atoms. The Bertz CT molecular complexity index is 216. The number of hydrogen-bond acceptors (Lipinski definition) is 4. The summed E-state index contributed by atoms with van der Waals surface area (Å²) in [5.41, 5.74) is 0. The summed E-state index contributed by atoms with van der Waals surface area (Å²) in [5, 5.41) is 3.11. The minimum absolute atomic E-state index is 0.297. The second-order valence-electron chi connectivity index (χ2n) is 3.51. The minimum Gasteiger partial charge on any atom is -0.348 e. The summed E-state index contributed by atoms with van der Waals surface area (Å²) in [6, 6.07) is 0. The van der Waals surface area contributed by atoms with Gasteiger partial charge in [-0.05, 0) is 13.1 Å². The zero-order valence-electron chi connectivity index (χ0n) is 7.90. The number of nitrogens with one attached hydrogen (secondary N) is 1. The molecule has 1 saturated heterocycles. The van der Waals surface area contributed by atoms with Crippen molar-refractivity contribution in [2.24, 2.45) is 4.99 Å². The van der Waals surface area contributed by atoms with Crippen molar-refractivity contribution in [2.45, 2.75) is 6.17 Å². The van der Waals surface area contributed by atoms with E-state index in [-0.39, 0.29) is 0 Å². The Balaban J connectivity index is 1.87. The Morgan fingerprint density at radius 2 is 2.15 bits per heavy atom. The second-order valence-corrected chi connectivity index (χ2v) is 3.51. The molecule has 0 bridgehead atoms. The van der Waals surface area contributed by atoms with E-state index in [0.29, 0.717) is 6.17 Å². The normalized spacial score (nSPS) is 30.4. The maximum Gasteiger partial charge on any atom is 0.170 e. The predicted octanol–water partition coefficient (Wildman–Crippen LogP) is -0.418. The first-order valence-corrected chi connectivity index (χ1v) is 4.66. The van der Waals surface area contributed by atoms with Gasteiger partial charge in [-0.2, -0.15) is 0 Å². The number of likely N-dealkylation sites (N-methyl/N-ethyl adjacent to an activating group) is 1.